The zero-order valence-corrected chi connectivity index (χ0v) is 13.1. The van der Waals surface area contributed by atoms with Crippen molar-refractivity contribution in [3.63, 3.8) is 0 Å². The molecular formula is C16H23N3O2. The summed E-state index contributed by atoms with van der Waals surface area (Å²) in [7, 11) is 5.21. The molecule has 21 heavy (non-hydrogen) atoms. The van der Waals surface area contributed by atoms with Gasteiger partial charge in [-0.25, -0.2) is 0 Å². The molecular weight excluding hydrogens is 266 g/mol. The molecule has 1 unspecified atom stereocenters. The molecule has 0 radical (unpaired) electrons. The first-order chi connectivity index (χ1) is 10.1. The van der Waals surface area contributed by atoms with Gasteiger partial charge in [0.05, 0.1) is 19.9 Å². The summed E-state index contributed by atoms with van der Waals surface area (Å²) < 4.78 is 12.5. The summed E-state index contributed by atoms with van der Waals surface area (Å²) in [5.41, 5.74) is 9.57. The van der Waals surface area contributed by atoms with E-state index in [1.807, 2.05) is 29.9 Å². The van der Waals surface area contributed by atoms with Gasteiger partial charge in [0.25, 0.3) is 0 Å². The number of rotatable bonds is 6. The zero-order valence-electron chi connectivity index (χ0n) is 13.1. The summed E-state index contributed by atoms with van der Waals surface area (Å²) in [5, 5.41) is 4.45. The van der Waals surface area contributed by atoms with E-state index in [1.165, 1.54) is 0 Å². The van der Waals surface area contributed by atoms with Crippen LogP contribution in [-0.4, -0.2) is 24.0 Å². The predicted octanol–water partition coefficient (Wildman–Crippen LogP) is 2.24. The molecule has 5 heteroatoms. The molecule has 114 valence electrons. The summed E-state index contributed by atoms with van der Waals surface area (Å²) in [4.78, 5) is 0. The third-order valence-corrected chi connectivity index (χ3v) is 3.65. The Labute approximate surface area is 125 Å². The van der Waals surface area contributed by atoms with Crippen molar-refractivity contribution in [2.45, 2.75) is 25.8 Å². The average Bonchev–Trinajstić information content (AvgIpc) is 2.86. The Morgan fingerprint density at radius 3 is 2.48 bits per heavy atom. The molecule has 2 aromatic rings. The molecule has 1 heterocycles. The second kappa shape index (κ2) is 6.63. The van der Waals surface area contributed by atoms with Gasteiger partial charge in [0.15, 0.2) is 11.5 Å². The van der Waals surface area contributed by atoms with Gasteiger partial charge < -0.3 is 15.2 Å². The lowest BCUT2D eigenvalue weighted by Gasteiger charge is -2.15. The maximum absolute atomic E-state index is 6.32. The smallest absolute Gasteiger partial charge is 0.161 e. The predicted molar refractivity (Wildman–Crippen MR) is 82.8 cm³/mol. The van der Waals surface area contributed by atoms with Gasteiger partial charge in [-0.15, -0.1) is 0 Å². The highest BCUT2D eigenvalue weighted by molar-refractivity contribution is 5.44. The summed E-state index contributed by atoms with van der Waals surface area (Å²) in [5.74, 6) is 1.41. The first kappa shape index (κ1) is 15.4. The fourth-order valence-corrected chi connectivity index (χ4v) is 2.36. The highest BCUT2D eigenvalue weighted by Gasteiger charge is 2.14. The summed E-state index contributed by atoms with van der Waals surface area (Å²) >= 11 is 0. The van der Waals surface area contributed by atoms with Crippen molar-refractivity contribution < 1.29 is 9.47 Å². The Balaban J connectivity index is 2.19. The molecule has 0 bridgehead atoms. The third kappa shape index (κ3) is 3.36. The van der Waals surface area contributed by atoms with E-state index in [0.717, 1.165) is 29.8 Å². The number of aromatic nitrogens is 2. The lowest BCUT2D eigenvalue weighted by molar-refractivity contribution is 0.354. The lowest BCUT2D eigenvalue weighted by atomic mass is 10.0. The van der Waals surface area contributed by atoms with Crippen LogP contribution in [-0.2, 0) is 19.9 Å². The first-order valence-electron chi connectivity index (χ1n) is 7.08. The topological polar surface area (TPSA) is 62.3 Å². The van der Waals surface area contributed by atoms with Crippen LogP contribution in [0.3, 0.4) is 0 Å². The summed E-state index contributed by atoms with van der Waals surface area (Å²) in [6, 6.07) is 7.80. The van der Waals surface area contributed by atoms with Crippen LogP contribution in [0.2, 0.25) is 0 Å². The molecule has 0 saturated heterocycles. The Morgan fingerprint density at radius 2 is 1.90 bits per heavy atom. The van der Waals surface area contributed by atoms with Gasteiger partial charge in [0, 0.05) is 25.2 Å². The molecule has 2 N–H and O–H groups in total. The van der Waals surface area contributed by atoms with Crippen LogP contribution in [0.4, 0.5) is 0 Å². The fourth-order valence-electron chi connectivity index (χ4n) is 2.36. The number of aryl methyl sites for hydroxylation is 2. The monoisotopic (exact) mass is 289 g/mol. The van der Waals surface area contributed by atoms with Gasteiger partial charge in [-0.2, -0.15) is 5.10 Å². The highest BCUT2D eigenvalue weighted by atomic mass is 16.5. The van der Waals surface area contributed by atoms with E-state index < -0.39 is 0 Å². The molecule has 0 amide bonds. The van der Waals surface area contributed by atoms with E-state index in [4.69, 9.17) is 15.2 Å². The molecule has 0 aliphatic heterocycles. The minimum Gasteiger partial charge on any atom is -0.493 e. The van der Waals surface area contributed by atoms with E-state index in [9.17, 15) is 0 Å². The van der Waals surface area contributed by atoms with Crippen molar-refractivity contribution >= 4 is 0 Å². The molecule has 1 aromatic carbocycles. The molecule has 0 spiro atoms. The van der Waals surface area contributed by atoms with Crippen molar-refractivity contribution in [1.82, 2.24) is 9.78 Å². The number of ether oxygens (including phenoxy) is 2. The lowest BCUT2D eigenvalue weighted by Crippen LogP contribution is -2.15. The van der Waals surface area contributed by atoms with E-state index in [-0.39, 0.29) is 6.04 Å². The van der Waals surface area contributed by atoms with E-state index >= 15 is 0 Å². The standard InChI is InChI=1S/C16H23N3O2/c1-5-12-9-13(19(2)18-12)10-14(17)11-6-7-15(20-3)16(8-11)21-4/h6-9,14H,5,10,17H2,1-4H3. The Kier molecular flexibility index (Phi) is 4.85. The maximum Gasteiger partial charge on any atom is 0.161 e. The molecule has 0 saturated carbocycles. The van der Waals surface area contributed by atoms with Gasteiger partial charge in [0.2, 0.25) is 0 Å². The number of benzene rings is 1. The van der Waals surface area contributed by atoms with Crippen LogP contribution >= 0.6 is 0 Å². The van der Waals surface area contributed by atoms with Crippen LogP contribution in [0.15, 0.2) is 24.3 Å². The zero-order chi connectivity index (χ0) is 15.4. The Bertz CT molecular complexity index is 608. The summed E-state index contributed by atoms with van der Waals surface area (Å²) in [6.07, 6.45) is 1.67. The molecule has 0 aliphatic rings. The van der Waals surface area contributed by atoms with Gasteiger partial charge >= 0.3 is 0 Å². The quantitative estimate of drug-likeness (QED) is 0.886. The molecule has 5 nitrogen and oxygen atoms in total. The number of hydrogen-bond donors (Lipinski definition) is 1. The average molecular weight is 289 g/mol. The number of hydrogen-bond acceptors (Lipinski definition) is 4. The molecule has 2 rings (SSSR count). The maximum atomic E-state index is 6.32. The molecule has 1 atom stereocenters. The Hall–Kier alpha value is -2.01. The second-order valence-electron chi connectivity index (χ2n) is 5.03. The first-order valence-corrected chi connectivity index (χ1v) is 7.08. The minimum absolute atomic E-state index is 0.107. The van der Waals surface area contributed by atoms with Crippen LogP contribution in [0, 0.1) is 0 Å². The molecule has 0 aliphatic carbocycles. The molecule has 1 aromatic heterocycles. The van der Waals surface area contributed by atoms with Crippen molar-refractivity contribution in [2.24, 2.45) is 12.8 Å². The van der Waals surface area contributed by atoms with Crippen molar-refractivity contribution in [2.75, 3.05) is 14.2 Å². The van der Waals surface area contributed by atoms with E-state index in [2.05, 4.69) is 18.1 Å². The largest absolute Gasteiger partial charge is 0.493 e. The van der Waals surface area contributed by atoms with Crippen LogP contribution < -0.4 is 15.2 Å². The normalized spacial score (nSPS) is 12.2. The molecule has 0 fully saturated rings. The van der Waals surface area contributed by atoms with Crippen molar-refractivity contribution in [3.8, 4) is 11.5 Å². The second-order valence-corrected chi connectivity index (χ2v) is 5.03. The number of nitrogens with two attached hydrogens (primary N) is 1. The SMILES string of the molecule is CCc1cc(CC(N)c2ccc(OC)c(OC)c2)n(C)n1. The summed E-state index contributed by atoms with van der Waals surface area (Å²) in [6.45, 7) is 2.10. The van der Waals surface area contributed by atoms with E-state index in [0.29, 0.717) is 11.5 Å². The fraction of sp³-hybridized carbons (Fsp3) is 0.438. The number of nitrogens with zero attached hydrogens (tertiary/aromatic N) is 2. The number of methoxy groups -OCH3 is 2. The Morgan fingerprint density at radius 1 is 1.19 bits per heavy atom. The van der Waals surface area contributed by atoms with E-state index in [1.54, 1.807) is 14.2 Å². The van der Waals surface area contributed by atoms with Crippen LogP contribution in [0.1, 0.15) is 29.9 Å². The van der Waals surface area contributed by atoms with Gasteiger partial charge in [0.1, 0.15) is 0 Å². The van der Waals surface area contributed by atoms with Gasteiger partial charge in [-0.1, -0.05) is 13.0 Å². The minimum atomic E-state index is -0.107. The third-order valence-electron chi connectivity index (χ3n) is 3.65. The van der Waals surface area contributed by atoms with Crippen molar-refractivity contribution in [3.05, 3.63) is 41.2 Å². The van der Waals surface area contributed by atoms with Gasteiger partial charge in [-0.05, 0) is 30.2 Å². The van der Waals surface area contributed by atoms with Crippen LogP contribution in [0.25, 0.3) is 0 Å². The van der Waals surface area contributed by atoms with Crippen molar-refractivity contribution in [1.29, 1.82) is 0 Å². The van der Waals surface area contributed by atoms with Gasteiger partial charge in [-0.3, -0.25) is 4.68 Å². The van der Waals surface area contributed by atoms with Crippen LogP contribution in [0.5, 0.6) is 11.5 Å². The highest BCUT2D eigenvalue weighted by Crippen LogP contribution is 2.30.